The maximum absolute atomic E-state index is 13.7. The Hall–Kier alpha value is -4.57. The van der Waals surface area contributed by atoms with Crippen LogP contribution >= 0.6 is 11.3 Å². The number of carbonyl (C=O) groups excluding carboxylic acids is 2. The number of benzene rings is 3. The molecule has 3 aromatic carbocycles. The van der Waals surface area contributed by atoms with Gasteiger partial charge in [0.15, 0.2) is 16.6 Å². The van der Waals surface area contributed by atoms with Crippen molar-refractivity contribution in [2.45, 2.75) is 39.3 Å². The molecule has 6 rings (SSSR count). The molecule has 0 saturated carbocycles. The van der Waals surface area contributed by atoms with Crippen LogP contribution in [0.5, 0.6) is 23.0 Å². The number of aromatic nitrogens is 1. The second-order valence-corrected chi connectivity index (χ2v) is 10.9. The number of Topliss-reactive ketones (excluding diaryl/α,β-unsaturated/α-hetero) is 1. The summed E-state index contributed by atoms with van der Waals surface area (Å²) in [6.45, 7) is 6.44. The van der Waals surface area contributed by atoms with Gasteiger partial charge in [0.1, 0.15) is 23.4 Å². The molecule has 2 aliphatic rings. The molecular weight excluding hydrogens is 544 g/mol. The molecule has 1 amide bonds. The third-order valence-corrected chi connectivity index (χ3v) is 8.10. The fraction of sp³-hybridized carbons (Fsp3) is 0.258. The van der Waals surface area contributed by atoms with Crippen molar-refractivity contribution in [3.8, 4) is 23.0 Å². The van der Waals surface area contributed by atoms with Gasteiger partial charge in [0.25, 0.3) is 5.78 Å². The molecule has 9 nitrogen and oxygen atoms in total. The van der Waals surface area contributed by atoms with Gasteiger partial charge in [-0.15, -0.1) is 0 Å². The largest absolute Gasteiger partial charge is 0.507 e. The number of aliphatic hydroxyl groups excluding tert-OH is 1. The van der Waals surface area contributed by atoms with E-state index in [0.717, 1.165) is 16.0 Å². The highest BCUT2D eigenvalue weighted by atomic mass is 32.1. The number of fused-ring (bicyclic) bond motifs is 2. The van der Waals surface area contributed by atoms with Gasteiger partial charge in [-0.25, -0.2) is 4.98 Å². The smallest absolute Gasteiger partial charge is 0.301 e. The maximum Gasteiger partial charge on any atom is 0.301 e. The lowest BCUT2D eigenvalue weighted by Gasteiger charge is -2.23. The van der Waals surface area contributed by atoms with Crippen molar-refractivity contribution in [1.29, 1.82) is 0 Å². The lowest BCUT2D eigenvalue weighted by Crippen LogP contribution is -2.29. The number of anilines is 1. The number of ether oxygens (including phenoxy) is 3. The molecule has 41 heavy (non-hydrogen) atoms. The van der Waals surface area contributed by atoms with Crippen LogP contribution < -0.4 is 19.1 Å². The van der Waals surface area contributed by atoms with Gasteiger partial charge in [-0.3, -0.25) is 14.5 Å². The van der Waals surface area contributed by atoms with Gasteiger partial charge in [0, 0.05) is 12.0 Å². The predicted octanol–water partition coefficient (Wildman–Crippen LogP) is 5.75. The van der Waals surface area contributed by atoms with Crippen molar-refractivity contribution in [2.75, 3.05) is 18.1 Å². The molecular formula is C31H28N2O7S. The Morgan fingerprint density at radius 3 is 2.66 bits per heavy atom. The summed E-state index contributed by atoms with van der Waals surface area (Å²) in [7, 11) is 0. The summed E-state index contributed by atoms with van der Waals surface area (Å²) in [5, 5.41) is 22.2. The zero-order chi connectivity index (χ0) is 28.8. The maximum atomic E-state index is 13.7. The Kier molecular flexibility index (Phi) is 6.78. The molecule has 0 spiro atoms. The molecule has 10 heteroatoms. The summed E-state index contributed by atoms with van der Waals surface area (Å²) in [5.74, 6) is -0.434. The lowest BCUT2D eigenvalue weighted by molar-refractivity contribution is -0.132. The van der Waals surface area contributed by atoms with Crippen LogP contribution in [0.25, 0.3) is 16.0 Å². The van der Waals surface area contributed by atoms with Crippen molar-refractivity contribution in [1.82, 2.24) is 4.98 Å². The van der Waals surface area contributed by atoms with Gasteiger partial charge in [0.2, 0.25) is 0 Å². The number of nitrogens with zero attached hydrogens (tertiary/aromatic N) is 2. The number of phenolic OH excluding ortho intramolecular Hbond substituents is 1. The highest BCUT2D eigenvalue weighted by Crippen LogP contribution is 2.46. The molecule has 2 N–H and O–H groups in total. The van der Waals surface area contributed by atoms with Crippen molar-refractivity contribution in [3.63, 3.8) is 0 Å². The van der Waals surface area contributed by atoms with Crippen LogP contribution in [0.3, 0.4) is 0 Å². The Morgan fingerprint density at radius 2 is 1.88 bits per heavy atom. The van der Waals surface area contributed by atoms with Gasteiger partial charge in [-0.2, -0.15) is 0 Å². The zero-order valence-electron chi connectivity index (χ0n) is 22.7. The van der Waals surface area contributed by atoms with E-state index in [4.69, 9.17) is 14.2 Å². The number of thiazole rings is 1. The fourth-order valence-electron chi connectivity index (χ4n) is 5.29. The number of hydrogen-bond donors (Lipinski definition) is 2. The molecule has 1 aromatic heterocycles. The molecule has 0 unspecified atom stereocenters. The topological polar surface area (TPSA) is 118 Å². The lowest BCUT2D eigenvalue weighted by atomic mass is 9.94. The van der Waals surface area contributed by atoms with Crippen molar-refractivity contribution in [3.05, 3.63) is 76.9 Å². The minimum Gasteiger partial charge on any atom is -0.507 e. The minimum atomic E-state index is -1.02. The molecule has 2 atom stereocenters. The van der Waals surface area contributed by atoms with Crippen LogP contribution in [0.2, 0.25) is 0 Å². The highest BCUT2D eigenvalue weighted by Gasteiger charge is 2.48. The van der Waals surface area contributed by atoms with E-state index in [2.05, 4.69) is 4.98 Å². The third kappa shape index (κ3) is 4.63. The van der Waals surface area contributed by atoms with Gasteiger partial charge in [-0.05, 0) is 80.4 Å². The number of hydrogen-bond acceptors (Lipinski definition) is 9. The van der Waals surface area contributed by atoms with Crippen molar-refractivity contribution >= 4 is 44.1 Å². The second kappa shape index (κ2) is 10.4. The van der Waals surface area contributed by atoms with E-state index in [-0.39, 0.29) is 28.9 Å². The van der Waals surface area contributed by atoms with Crippen molar-refractivity contribution in [2.24, 2.45) is 0 Å². The van der Waals surface area contributed by atoms with Gasteiger partial charge in [0.05, 0.1) is 35.0 Å². The normalized spacial score (nSPS) is 19.4. The van der Waals surface area contributed by atoms with E-state index < -0.39 is 17.7 Å². The molecule has 2 aliphatic heterocycles. The standard InChI is InChI=1S/C31H28N2O7S/c1-4-38-20-8-9-21-25(15-20)41-31(32-21)33-27(17-6-10-22(34)24(14-17)39-5-2)26(29(36)30(33)37)28(35)18-7-11-23-19(13-18)12-16(3)40-23/h6-11,13-16,27,34-35H,4-5,12H2,1-3H3/t16-,27+/m1/s1. The van der Waals surface area contributed by atoms with E-state index in [1.165, 1.54) is 22.3 Å². The summed E-state index contributed by atoms with van der Waals surface area (Å²) < 4.78 is 17.8. The summed E-state index contributed by atoms with van der Waals surface area (Å²) in [5.41, 5.74) is 2.34. The summed E-state index contributed by atoms with van der Waals surface area (Å²) >= 11 is 1.24. The van der Waals surface area contributed by atoms with Gasteiger partial charge in [-0.1, -0.05) is 17.4 Å². The summed E-state index contributed by atoms with van der Waals surface area (Å²) in [4.78, 5) is 33.3. The number of aliphatic hydroxyl groups is 1. The predicted molar refractivity (Wildman–Crippen MR) is 155 cm³/mol. The van der Waals surface area contributed by atoms with Crippen LogP contribution in [0, 0.1) is 0 Å². The first-order valence-electron chi connectivity index (χ1n) is 13.4. The van der Waals surface area contributed by atoms with Crippen LogP contribution in [0.1, 0.15) is 43.5 Å². The Balaban J connectivity index is 1.53. The first kappa shape index (κ1) is 26.6. The molecule has 210 valence electrons. The fourth-order valence-corrected chi connectivity index (χ4v) is 6.31. The molecule has 0 aliphatic carbocycles. The average Bonchev–Trinajstić information content (AvgIpc) is 3.62. The Bertz CT molecular complexity index is 1730. The van der Waals surface area contributed by atoms with E-state index in [9.17, 15) is 19.8 Å². The number of phenols is 1. The third-order valence-electron chi connectivity index (χ3n) is 7.08. The molecule has 1 saturated heterocycles. The number of amides is 1. The van der Waals surface area contributed by atoms with Crippen LogP contribution in [-0.2, 0) is 16.0 Å². The van der Waals surface area contributed by atoms with Gasteiger partial charge >= 0.3 is 5.91 Å². The summed E-state index contributed by atoms with van der Waals surface area (Å²) in [6, 6.07) is 14.3. The van der Waals surface area contributed by atoms with E-state index in [1.807, 2.05) is 19.9 Å². The average molecular weight is 573 g/mol. The molecule has 1 fully saturated rings. The van der Waals surface area contributed by atoms with Crippen LogP contribution in [0.15, 0.2) is 60.2 Å². The molecule has 0 radical (unpaired) electrons. The first-order valence-corrected chi connectivity index (χ1v) is 14.2. The van der Waals surface area contributed by atoms with E-state index >= 15 is 0 Å². The Labute approximate surface area is 240 Å². The van der Waals surface area contributed by atoms with Crippen molar-refractivity contribution < 1.29 is 34.0 Å². The number of carbonyl (C=O) groups is 2. The second-order valence-electron chi connectivity index (χ2n) is 9.84. The van der Waals surface area contributed by atoms with E-state index in [1.54, 1.807) is 49.4 Å². The monoisotopic (exact) mass is 572 g/mol. The SMILES string of the molecule is CCOc1ccc2nc(N3C(=O)C(=O)C(=C(O)c4ccc5c(c4)C[C@@H](C)O5)[C@@H]3c3ccc(O)c(OCC)c3)sc2c1. The Morgan fingerprint density at radius 1 is 1.07 bits per heavy atom. The molecule has 0 bridgehead atoms. The van der Waals surface area contributed by atoms with Gasteiger partial charge < -0.3 is 24.4 Å². The van der Waals surface area contributed by atoms with Crippen LogP contribution in [-0.4, -0.2) is 46.2 Å². The number of rotatable bonds is 7. The number of aromatic hydroxyl groups is 1. The molecule has 3 heterocycles. The zero-order valence-corrected chi connectivity index (χ0v) is 23.5. The van der Waals surface area contributed by atoms with Crippen LogP contribution in [0.4, 0.5) is 5.13 Å². The highest BCUT2D eigenvalue weighted by molar-refractivity contribution is 7.22. The number of ketones is 1. The summed E-state index contributed by atoms with van der Waals surface area (Å²) in [6.07, 6.45) is 0.670. The quantitative estimate of drug-likeness (QED) is 0.163. The first-order chi connectivity index (χ1) is 19.8. The molecule has 4 aromatic rings. The van der Waals surface area contributed by atoms with E-state index in [0.29, 0.717) is 47.2 Å². The minimum absolute atomic E-state index is 0.00392.